The minimum absolute atomic E-state index is 0.226. The van der Waals surface area contributed by atoms with Gasteiger partial charge in [0.05, 0.1) is 37.0 Å². The van der Waals surface area contributed by atoms with E-state index < -0.39 is 5.97 Å². The number of thiophene rings is 1. The molecule has 8 heteroatoms. The van der Waals surface area contributed by atoms with Crippen molar-refractivity contribution in [2.45, 2.75) is 40.7 Å². The number of hydrogen-bond donors (Lipinski definition) is 0. The van der Waals surface area contributed by atoms with Crippen LogP contribution in [0.4, 0.5) is 0 Å². The van der Waals surface area contributed by atoms with Gasteiger partial charge in [-0.3, -0.25) is 9.36 Å². The quantitative estimate of drug-likeness (QED) is 0.486. The number of carbonyl (C=O) groups excluding carboxylic acids is 2. The van der Waals surface area contributed by atoms with Crippen molar-refractivity contribution in [3.8, 4) is 0 Å². The SMILES string of the molecule is CCCOC(=O)c1cccc(Cn2cnc3sc(C(=O)OCC(C)C)c(C)c3c2=O)c1. The third kappa shape index (κ3) is 5.19. The van der Waals surface area contributed by atoms with Crippen LogP contribution >= 0.6 is 11.3 Å². The highest BCUT2D eigenvalue weighted by Crippen LogP contribution is 2.27. The van der Waals surface area contributed by atoms with Gasteiger partial charge in [0, 0.05) is 0 Å². The van der Waals surface area contributed by atoms with Crippen LogP contribution in [0.1, 0.15) is 58.3 Å². The van der Waals surface area contributed by atoms with E-state index >= 15 is 0 Å². The van der Waals surface area contributed by atoms with Crippen LogP contribution in [0.3, 0.4) is 0 Å². The molecular weight excluding hydrogens is 416 g/mol. The Morgan fingerprint density at radius 1 is 1.19 bits per heavy atom. The number of aromatic nitrogens is 2. The van der Waals surface area contributed by atoms with E-state index in [4.69, 9.17) is 9.47 Å². The largest absolute Gasteiger partial charge is 0.462 e. The van der Waals surface area contributed by atoms with Gasteiger partial charge in [0.2, 0.25) is 0 Å². The number of ether oxygens (including phenoxy) is 2. The molecule has 3 rings (SSSR count). The second-order valence-electron chi connectivity index (χ2n) is 7.74. The van der Waals surface area contributed by atoms with E-state index in [9.17, 15) is 14.4 Å². The Morgan fingerprint density at radius 2 is 1.97 bits per heavy atom. The van der Waals surface area contributed by atoms with Gasteiger partial charge in [-0.15, -0.1) is 11.3 Å². The van der Waals surface area contributed by atoms with E-state index in [-0.39, 0.29) is 24.0 Å². The first-order valence-corrected chi connectivity index (χ1v) is 11.0. The molecule has 0 fully saturated rings. The van der Waals surface area contributed by atoms with Crippen LogP contribution in [0.2, 0.25) is 0 Å². The Morgan fingerprint density at radius 3 is 2.68 bits per heavy atom. The highest BCUT2D eigenvalue weighted by atomic mass is 32.1. The highest BCUT2D eigenvalue weighted by Gasteiger charge is 2.21. The van der Waals surface area contributed by atoms with E-state index in [0.29, 0.717) is 39.4 Å². The Kier molecular flexibility index (Phi) is 7.22. The monoisotopic (exact) mass is 442 g/mol. The van der Waals surface area contributed by atoms with Crippen molar-refractivity contribution in [1.82, 2.24) is 9.55 Å². The van der Waals surface area contributed by atoms with Crippen molar-refractivity contribution >= 4 is 33.5 Å². The van der Waals surface area contributed by atoms with E-state index in [1.165, 1.54) is 22.2 Å². The lowest BCUT2D eigenvalue weighted by Crippen LogP contribution is -2.21. The Bertz CT molecular complexity index is 1160. The highest BCUT2D eigenvalue weighted by molar-refractivity contribution is 7.20. The lowest BCUT2D eigenvalue weighted by molar-refractivity contribution is 0.0462. The van der Waals surface area contributed by atoms with Crippen LogP contribution in [0.15, 0.2) is 35.4 Å². The van der Waals surface area contributed by atoms with Gasteiger partial charge >= 0.3 is 11.9 Å². The van der Waals surface area contributed by atoms with Gasteiger partial charge in [-0.05, 0) is 42.5 Å². The second kappa shape index (κ2) is 9.87. The summed E-state index contributed by atoms with van der Waals surface area (Å²) < 4.78 is 12.0. The molecule has 164 valence electrons. The van der Waals surface area contributed by atoms with Gasteiger partial charge in [0.15, 0.2) is 0 Å². The van der Waals surface area contributed by atoms with Gasteiger partial charge in [-0.2, -0.15) is 0 Å². The zero-order valence-electron chi connectivity index (χ0n) is 18.1. The number of esters is 2. The van der Waals surface area contributed by atoms with Crippen molar-refractivity contribution in [2.75, 3.05) is 13.2 Å². The number of fused-ring (bicyclic) bond motifs is 1. The molecule has 0 saturated heterocycles. The van der Waals surface area contributed by atoms with Crippen molar-refractivity contribution < 1.29 is 19.1 Å². The van der Waals surface area contributed by atoms with Gasteiger partial charge in [-0.25, -0.2) is 14.6 Å². The van der Waals surface area contributed by atoms with Crippen LogP contribution in [0.5, 0.6) is 0 Å². The maximum atomic E-state index is 13.1. The predicted octanol–water partition coefficient (Wildman–Crippen LogP) is 4.19. The zero-order chi connectivity index (χ0) is 22.5. The predicted molar refractivity (Wildman–Crippen MR) is 120 cm³/mol. The number of carbonyl (C=O) groups is 2. The molecule has 2 heterocycles. The Hall–Kier alpha value is -3.00. The summed E-state index contributed by atoms with van der Waals surface area (Å²) in [4.78, 5) is 42.9. The third-order valence-electron chi connectivity index (χ3n) is 4.60. The minimum Gasteiger partial charge on any atom is -0.462 e. The molecule has 0 N–H and O–H groups in total. The van der Waals surface area contributed by atoms with Crippen LogP contribution in [0.25, 0.3) is 10.2 Å². The first kappa shape index (κ1) is 22.7. The average Bonchev–Trinajstić information content (AvgIpc) is 3.09. The standard InChI is InChI=1S/C23H26N2O5S/c1-5-9-29-22(27)17-8-6-7-16(10-17)11-25-13-24-20-18(21(25)26)15(4)19(31-20)23(28)30-12-14(2)3/h6-8,10,13-14H,5,9,11-12H2,1-4H3. The number of hydrogen-bond acceptors (Lipinski definition) is 7. The number of aryl methyl sites for hydroxylation is 1. The average molecular weight is 443 g/mol. The van der Waals surface area contributed by atoms with Crippen LogP contribution in [0, 0.1) is 12.8 Å². The van der Waals surface area contributed by atoms with Crippen molar-refractivity contribution in [2.24, 2.45) is 5.92 Å². The second-order valence-corrected chi connectivity index (χ2v) is 8.74. The van der Waals surface area contributed by atoms with E-state index in [1.807, 2.05) is 26.8 Å². The summed E-state index contributed by atoms with van der Waals surface area (Å²) in [6.07, 6.45) is 2.21. The van der Waals surface area contributed by atoms with Crippen molar-refractivity contribution in [3.63, 3.8) is 0 Å². The summed E-state index contributed by atoms with van der Waals surface area (Å²) in [5.41, 5.74) is 1.56. The molecule has 0 atom stereocenters. The molecule has 0 unspecified atom stereocenters. The van der Waals surface area contributed by atoms with Crippen LogP contribution in [-0.4, -0.2) is 34.7 Å². The number of rotatable bonds is 8. The molecule has 0 bridgehead atoms. The first-order chi connectivity index (χ1) is 14.8. The molecule has 0 aliphatic carbocycles. The normalized spacial score (nSPS) is 11.1. The summed E-state index contributed by atoms with van der Waals surface area (Å²) in [5.74, 6) is -0.592. The molecule has 0 radical (unpaired) electrons. The fraction of sp³-hybridized carbons (Fsp3) is 0.391. The smallest absolute Gasteiger partial charge is 0.348 e. The molecule has 3 aromatic rings. The summed E-state index contributed by atoms with van der Waals surface area (Å²) in [6, 6.07) is 6.99. The molecule has 0 aliphatic heterocycles. The molecule has 0 aliphatic rings. The first-order valence-electron chi connectivity index (χ1n) is 10.2. The molecule has 7 nitrogen and oxygen atoms in total. The Balaban J connectivity index is 1.88. The summed E-state index contributed by atoms with van der Waals surface area (Å²) in [6.45, 7) is 8.53. The molecule has 0 amide bonds. The third-order valence-corrected chi connectivity index (χ3v) is 5.78. The molecule has 1 aromatic carbocycles. The summed E-state index contributed by atoms with van der Waals surface area (Å²) in [5, 5.41) is 0.419. The van der Waals surface area contributed by atoms with Gasteiger partial charge in [0.25, 0.3) is 5.56 Å². The summed E-state index contributed by atoms with van der Waals surface area (Å²) in [7, 11) is 0. The lowest BCUT2D eigenvalue weighted by atomic mass is 10.1. The van der Waals surface area contributed by atoms with E-state index in [2.05, 4.69) is 4.98 Å². The van der Waals surface area contributed by atoms with Gasteiger partial charge in [-0.1, -0.05) is 32.9 Å². The molecule has 0 saturated carbocycles. The molecule has 31 heavy (non-hydrogen) atoms. The number of benzene rings is 1. The maximum Gasteiger partial charge on any atom is 0.348 e. The minimum atomic E-state index is -0.432. The lowest BCUT2D eigenvalue weighted by Gasteiger charge is -2.08. The van der Waals surface area contributed by atoms with Crippen molar-refractivity contribution in [1.29, 1.82) is 0 Å². The topological polar surface area (TPSA) is 87.5 Å². The van der Waals surface area contributed by atoms with E-state index in [0.717, 1.165) is 12.0 Å². The number of nitrogens with zero attached hydrogens (tertiary/aromatic N) is 2. The van der Waals surface area contributed by atoms with E-state index in [1.54, 1.807) is 25.1 Å². The van der Waals surface area contributed by atoms with Gasteiger partial charge in [0.1, 0.15) is 9.71 Å². The van der Waals surface area contributed by atoms with Gasteiger partial charge < -0.3 is 9.47 Å². The molecular formula is C23H26N2O5S. The zero-order valence-corrected chi connectivity index (χ0v) is 19.0. The molecule has 2 aromatic heterocycles. The van der Waals surface area contributed by atoms with Crippen LogP contribution < -0.4 is 5.56 Å². The fourth-order valence-electron chi connectivity index (χ4n) is 3.05. The molecule has 0 spiro atoms. The Labute approximate surface area is 184 Å². The summed E-state index contributed by atoms with van der Waals surface area (Å²) >= 11 is 1.17. The fourth-order valence-corrected chi connectivity index (χ4v) is 4.08. The maximum absolute atomic E-state index is 13.1. The van der Waals surface area contributed by atoms with Crippen molar-refractivity contribution in [3.05, 3.63) is 62.5 Å². The van der Waals surface area contributed by atoms with Crippen LogP contribution in [-0.2, 0) is 16.0 Å².